The summed E-state index contributed by atoms with van der Waals surface area (Å²) in [6, 6.07) is 0. The molecule has 0 saturated carbocycles. The second-order valence-electron chi connectivity index (χ2n) is 8.20. The van der Waals surface area contributed by atoms with Crippen LogP contribution in [0.3, 0.4) is 0 Å². The van der Waals surface area contributed by atoms with Gasteiger partial charge in [0.05, 0.1) is 24.2 Å². The number of carbonyl (C=O) groups is 3. The van der Waals surface area contributed by atoms with Crippen molar-refractivity contribution in [3.05, 3.63) is 0 Å². The SMILES string of the molecule is CC(C)(C)C(=O)SCCOP(=O)(OCCNC(=O)CI)OCCSC(=O)C(C)(C)C. The number of hydrogen-bond donors (Lipinski definition) is 1. The predicted octanol–water partition coefficient (Wildman–Crippen LogP) is 4.31. The summed E-state index contributed by atoms with van der Waals surface area (Å²) < 4.78 is 29.1. The zero-order valence-corrected chi connectivity index (χ0v) is 23.1. The summed E-state index contributed by atoms with van der Waals surface area (Å²) in [5.41, 5.74) is -0.954. The van der Waals surface area contributed by atoms with E-state index in [1.165, 1.54) is 0 Å². The average molecular weight is 597 g/mol. The Balaban J connectivity index is 4.60. The normalized spacial score (nSPS) is 12.6. The minimum Gasteiger partial charge on any atom is -0.353 e. The lowest BCUT2D eigenvalue weighted by Gasteiger charge is -2.19. The predicted molar refractivity (Wildman–Crippen MR) is 131 cm³/mol. The van der Waals surface area contributed by atoms with Gasteiger partial charge in [0.1, 0.15) is 0 Å². The zero-order chi connectivity index (χ0) is 23.4. The maximum absolute atomic E-state index is 12.8. The molecule has 0 rings (SSSR count). The topological polar surface area (TPSA) is 108 Å². The number of nitrogens with one attached hydrogen (secondary N) is 1. The van der Waals surface area contributed by atoms with Crippen molar-refractivity contribution in [2.45, 2.75) is 41.5 Å². The van der Waals surface area contributed by atoms with Crippen LogP contribution in [0.25, 0.3) is 0 Å². The molecule has 0 unspecified atom stereocenters. The number of phosphoric ester groups is 1. The van der Waals surface area contributed by atoms with Gasteiger partial charge in [-0.3, -0.25) is 28.0 Å². The third-order valence-electron chi connectivity index (χ3n) is 3.15. The van der Waals surface area contributed by atoms with E-state index in [0.717, 1.165) is 23.5 Å². The number of amides is 1. The fourth-order valence-electron chi connectivity index (χ4n) is 1.51. The van der Waals surface area contributed by atoms with Crippen LogP contribution in [-0.4, -0.2) is 58.4 Å². The minimum absolute atomic E-state index is 0.00127. The summed E-state index contributed by atoms with van der Waals surface area (Å²) in [5, 5.41) is 2.60. The van der Waals surface area contributed by atoms with Crippen molar-refractivity contribution in [1.82, 2.24) is 5.32 Å². The number of rotatable bonds is 13. The zero-order valence-electron chi connectivity index (χ0n) is 18.4. The lowest BCUT2D eigenvalue weighted by Crippen LogP contribution is -2.27. The summed E-state index contributed by atoms with van der Waals surface area (Å²) in [4.78, 5) is 35.2. The lowest BCUT2D eigenvalue weighted by molar-refractivity contribution is -0.118. The van der Waals surface area contributed by atoms with Crippen molar-refractivity contribution >= 4 is 70.1 Å². The second-order valence-corrected chi connectivity index (χ2v) is 12.8. The Morgan fingerprint density at radius 2 is 1.23 bits per heavy atom. The van der Waals surface area contributed by atoms with Gasteiger partial charge in [0, 0.05) is 28.9 Å². The Hall–Kier alpha value is 0.350. The molecule has 0 aliphatic heterocycles. The maximum Gasteiger partial charge on any atom is 0.474 e. The van der Waals surface area contributed by atoms with Gasteiger partial charge in [0.2, 0.25) is 5.91 Å². The summed E-state index contributed by atoms with van der Waals surface area (Å²) >= 11 is 4.11. The standard InChI is InChI=1S/C18H33INO7PS2/c1-17(2,3)15(22)29-11-9-26-28(24,25-8-7-20-14(21)13-19)27-10-12-30-16(23)18(4,5)6/h7-13H2,1-6H3,(H,20,21). The highest BCUT2D eigenvalue weighted by molar-refractivity contribution is 14.1. The first-order valence-electron chi connectivity index (χ1n) is 9.42. The van der Waals surface area contributed by atoms with Gasteiger partial charge in [-0.1, -0.05) is 87.7 Å². The molecule has 0 heterocycles. The van der Waals surface area contributed by atoms with Crippen LogP contribution in [0.4, 0.5) is 0 Å². The Morgan fingerprint density at radius 1 is 0.833 bits per heavy atom. The van der Waals surface area contributed by atoms with Gasteiger partial charge in [-0.25, -0.2) is 4.57 Å². The molecule has 1 N–H and O–H groups in total. The Bertz CT molecular complexity index is 583. The molecule has 0 aromatic rings. The number of carbonyl (C=O) groups excluding carboxylic acids is 3. The molecule has 0 aromatic heterocycles. The van der Waals surface area contributed by atoms with Crippen LogP contribution in [0.15, 0.2) is 0 Å². The average Bonchev–Trinajstić information content (AvgIpc) is 2.63. The molecule has 0 spiro atoms. The molecule has 30 heavy (non-hydrogen) atoms. The Labute approximate surface area is 201 Å². The Kier molecular flexibility index (Phi) is 14.7. The van der Waals surface area contributed by atoms with E-state index in [1.807, 2.05) is 64.1 Å². The van der Waals surface area contributed by atoms with E-state index in [-0.39, 0.29) is 42.5 Å². The van der Waals surface area contributed by atoms with E-state index in [4.69, 9.17) is 13.6 Å². The van der Waals surface area contributed by atoms with Gasteiger partial charge in [-0.05, 0) is 0 Å². The van der Waals surface area contributed by atoms with Crippen molar-refractivity contribution in [2.75, 3.05) is 42.3 Å². The number of hydrogen-bond acceptors (Lipinski definition) is 9. The fraction of sp³-hybridized carbons (Fsp3) is 0.833. The monoisotopic (exact) mass is 597 g/mol. The van der Waals surface area contributed by atoms with Crippen LogP contribution >= 0.6 is 53.9 Å². The smallest absolute Gasteiger partial charge is 0.353 e. The van der Waals surface area contributed by atoms with E-state index < -0.39 is 18.7 Å². The first-order valence-corrected chi connectivity index (χ1v) is 14.4. The van der Waals surface area contributed by atoms with Crippen molar-refractivity contribution in [3.63, 3.8) is 0 Å². The molecule has 0 fully saturated rings. The van der Waals surface area contributed by atoms with Crippen LogP contribution in [-0.2, 0) is 32.5 Å². The second kappa shape index (κ2) is 14.5. The molecule has 8 nitrogen and oxygen atoms in total. The molecule has 0 atom stereocenters. The summed E-state index contributed by atoms with van der Waals surface area (Å²) in [5.74, 6) is 0.440. The van der Waals surface area contributed by atoms with E-state index in [0.29, 0.717) is 15.9 Å². The minimum atomic E-state index is -3.89. The first kappa shape index (κ1) is 30.4. The highest BCUT2D eigenvalue weighted by Gasteiger charge is 2.28. The van der Waals surface area contributed by atoms with Crippen LogP contribution < -0.4 is 5.32 Å². The van der Waals surface area contributed by atoms with Crippen LogP contribution in [0.5, 0.6) is 0 Å². The number of phosphoric acid groups is 1. The summed E-state index contributed by atoms with van der Waals surface area (Å²) in [6.45, 7) is 11.0. The maximum atomic E-state index is 12.8. The highest BCUT2D eigenvalue weighted by atomic mass is 127. The molecule has 0 radical (unpaired) electrons. The van der Waals surface area contributed by atoms with Gasteiger partial charge in [0.15, 0.2) is 10.2 Å². The first-order chi connectivity index (χ1) is 13.7. The van der Waals surface area contributed by atoms with Gasteiger partial charge < -0.3 is 5.32 Å². The van der Waals surface area contributed by atoms with Gasteiger partial charge in [-0.15, -0.1) is 0 Å². The molecule has 0 aromatic carbocycles. The molecule has 176 valence electrons. The number of halogens is 1. The molecule has 0 saturated heterocycles. The molecule has 12 heteroatoms. The molecule has 0 aliphatic carbocycles. The van der Waals surface area contributed by atoms with Crippen LogP contribution in [0.2, 0.25) is 0 Å². The van der Waals surface area contributed by atoms with E-state index >= 15 is 0 Å². The van der Waals surface area contributed by atoms with E-state index in [1.54, 1.807) is 0 Å². The molecule has 1 amide bonds. The fourth-order valence-corrected chi connectivity index (χ4v) is 4.76. The van der Waals surface area contributed by atoms with Crippen LogP contribution in [0, 0.1) is 10.8 Å². The summed E-state index contributed by atoms with van der Waals surface area (Å²) in [6.07, 6.45) is 0. The third kappa shape index (κ3) is 14.4. The van der Waals surface area contributed by atoms with Crippen molar-refractivity contribution in [1.29, 1.82) is 0 Å². The van der Waals surface area contributed by atoms with E-state index in [9.17, 15) is 18.9 Å². The number of thioether (sulfide) groups is 2. The highest BCUT2D eigenvalue weighted by Crippen LogP contribution is 2.49. The summed E-state index contributed by atoms with van der Waals surface area (Å²) in [7, 11) is -3.89. The van der Waals surface area contributed by atoms with E-state index in [2.05, 4.69) is 5.32 Å². The molecule has 0 aliphatic rings. The number of alkyl halides is 1. The van der Waals surface area contributed by atoms with Gasteiger partial charge in [0.25, 0.3) is 0 Å². The van der Waals surface area contributed by atoms with Gasteiger partial charge >= 0.3 is 7.82 Å². The van der Waals surface area contributed by atoms with Crippen molar-refractivity contribution in [3.8, 4) is 0 Å². The quantitative estimate of drug-likeness (QED) is 0.144. The van der Waals surface area contributed by atoms with Crippen molar-refractivity contribution in [2.24, 2.45) is 10.8 Å². The van der Waals surface area contributed by atoms with Crippen molar-refractivity contribution < 1.29 is 32.5 Å². The molecular formula is C18H33INO7PS2. The molecule has 0 bridgehead atoms. The van der Waals surface area contributed by atoms with Crippen LogP contribution in [0.1, 0.15) is 41.5 Å². The van der Waals surface area contributed by atoms with Gasteiger partial charge in [-0.2, -0.15) is 0 Å². The Morgan fingerprint density at radius 3 is 1.60 bits per heavy atom. The molecular weight excluding hydrogens is 564 g/mol. The third-order valence-corrected chi connectivity index (χ3v) is 7.83. The lowest BCUT2D eigenvalue weighted by atomic mass is 9.99. The largest absolute Gasteiger partial charge is 0.474 e.